The van der Waals surface area contributed by atoms with E-state index in [1.807, 2.05) is 30.9 Å². The number of nitrogens with one attached hydrogen (secondary N) is 1. The maximum atomic E-state index is 13.4. The predicted octanol–water partition coefficient (Wildman–Crippen LogP) is 2.86. The molecule has 0 bridgehead atoms. The van der Waals surface area contributed by atoms with E-state index in [1.54, 1.807) is 6.07 Å². The second-order valence-electron chi connectivity index (χ2n) is 4.16. The molecule has 0 aliphatic heterocycles. The van der Waals surface area contributed by atoms with E-state index < -0.39 is 0 Å². The van der Waals surface area contributed by atoms with Crippen molar-refractivity contribution in [3.05, 3.63) is 51.5 Å². The third kappa shape index (κ3) is 2.62. The molecule has 2 aromatic rings. The normalized spacial score (nSPS) is 10.9. The molecule has 2 rings (SSSR count). The van der Waals surface area contributed by atoms with Gasteiger partial charge in [0.25, 0.3) is 0 Å². The number of halogens is 2. The van der Waals surface area contributed by atoms with Crippen LogP contribution in [0.15, 0.2) is 28.9 Å². The van der Waals surface area contributed by atoms with E-state index in [9.17, 15) is 4.39 Å². The third-order valence-electron chi connectivity index (χ3n) is 2.92. The largest absolute Gasteiger partial charge is 0.316 e. The van der Waals surface area contributed by atoms with Crippen molar-refractivity contribution in [3.8, 4) is 0 Å². The molecule has 0 fully saturated rings. The Bertz CT molecular complexity index is 551. The third-order valence-corrected chi connectivity index (χ3v) is 3.81. The van der Waals surface area contributed by atoms with Gasteiger partial charge in [-0.3, -0.25) is 4.68 Å². The first-order valence-electron chi connectivity index (χ1n) is 5.72. The first-order valence-corrected chi connectivity index (χ1v) is 6.51. The summed E-state index contributed by atoms with van der Waals surface area (Å²) in [4.78, 5) is 0. The number of hydrogen-bond acceptors (Lipinski definition) is 2. The fourth-order valence-corrected chi connectivity index (χ4v) is 2.23. The van der Waals surface area contributed by atoms with Crippen LogP contribution in [0.1, 0.15) is 16.8 Å². The summed E-state index contributed by atoms with van der Waals surface area (Å²) in [6, 6.07) is 5.05. The van der Waals surface area contributed by atoms with Gasteiger partial charge in [-0.2, -0.15) is 5.10 Å². The molecule has 1 aromatic carbocycles. The van der Waals surface area contributed by atoms with Gasteiger partial charge in [-0.05, 0) is 41.5 Å². The van der Waals surface area contributed by atoms with Crippen molar-refractivity contribution in [2.75, 3.05) is 7.05 Å². The van der Waals surface area contributed by atoms with Gasteiger partial charge in [0.15, 0.2) is 0 Å². The van der Waals surface area contributed by atoms with Crippen LogP contribution in [0.4, 0.5) is 4.39 Å². The van der Waals surface area contributed by atoms with E-state index in [-0.39, 0.29) is 5.82 Å². The SMILES string of the molecule is CNCc1cnn(Cc2cccc(F)c2Br)c1C. The highest BCUT2D eigenvalue weighted by Crippen LogP contribution is 2.22. The van der Waals surface area contributed by atoms with E-state index >= 15 is 0 Å². The fraction of sp³-hybridized carbons (Fsp3) is 0.308. The van der Waals surface area contributed by atoms with Crippen LogP contribution in [0.3, 0.4) is 0 Å². The molecule has 3 nitrogen and oxygen atoms in total. The molecule has 1 aromatic heterocycles. The van der Waals surface area contributed by atoms with E-state index in [2.05, 4.69) is 26.3 Å². The molecule has 0 saturated heterocycles. The molecule has 0 unspecified atom stereocenters. The lowest BCUT2D eigenvalue weighted by Gasteiger charge is -2.08. The molecule has 0 aliphatic carbocycles. The van der Waals surface area contributed by atoms with Gasteiger partial charge in [0.1, 0.15) is 5.82 Å². The van der Waals surface area contributed by atoms with Crippen LogP contribution in [-0.4, -0.2) is 16.8 Å². The van der Waals surface area contributed by atoms with Crippen molar-refractivity contribution in [2.24, 2.45) is 0 Å². The fourth-order valence-electron chi connectivity index (χ4n) is 1.84. The smallest absolute Gasteiger partial charge is 0.137 e. The minimum absolute atomic E-state index is 0.243. The zero-order chi connectivity index (χ0) is 13.1. The molecule has 1 heterocycles. The van der Waals surface area contributed by atoms with Gasteiger partial charge in [0.05, 0.1) is 17.2 Å². The van der Waals surface area contributed by atoms with Gasteiger partial charge >= 0.3 is 0 Å². The number of hydrogen-bond donors (Lipinski definition) is 1. The lowest BCUT2D eigenvalue weighted by atomic mass is 10.2. The van der Waals surface area contributed by atoms with E-state index in [4.69, 9.17) is 0 Å². The first-order chi connectivity index (χ1) is 8.63. The zero-order valence-electron chi connectivity index (χ0n) is 10.4. The number of nitrogens with zero attached hydrogens (tertiary/aromatic N) is 2. The number of rotatable bonds is 4. The minimum atomic E-state index is -0.243. The maximum absolute atomic E-state index is 13.4. The van der Waals surface area contributed by atoms with Crippen molar-refractivity contribution < 1.29 is 4.39 Å². The summed E-state index contributed by atoms with van der Waals surface area (Å²) in [6.45, 7) is 3.37. The van der Waals surface area contributed by atoms with Crippen LogP contribution in [0.5, 0.6) is 0 Å². The maximum Gasteiger partial charge on any atom is 0.137 e. The van der Waals surface area contributed by atoms with Crippen molar-refractivity contribution in [3.63, 3.8) is 0 Å². The predicted molar refractivity (Wildman–Crippen MR) is 72.9 cm³/mol. The summed E-state index contributed by atoms with van der Waals surface area (Å²) in [5, 5.41) is 7.43. The molecular weight excluding hydrogens is 297 g/mol. The second kappa shape index (κ2) is 5.63. The molecule has 96 valence electrons. The topological polar surface area (TPSA) is 29.9 Å². The van der Waals surface area contributed by atoms with Crippen LogP contribution in [0, 0.1) is 12.7 Å². The summed E-state index contributed by atoms with van der Waals surface area (Å²) in [5.74, 6) is -0.243. The monoisotopic (exact) mass is 311 g/mol. The standard InChI is InChI=1S/C13H15BrFN3/c1-9-11(6-16-2)7-17-18(9)8-10-4-3-5-12(15)13(10)14/h3-5,7,16H,6,8H2,1-2H3. The molecule has 0 spiro atoms. The van der Waals surface area contributed by atoms with Crippen molar-refractivity contribution in [1.29, 1.82) is 0 Å². The van der Waals surface area contributed by atoms with E-state index in [0.717, 1.165) is 23.4 Å². The Kier molecular flexibility index (Phi) is 4.14. The minimum Gasteiger partial charge on any atom is -0.316 e. The molecule has 0 atom stereocenters. The van der Waals surface area contributed by atoms with Crippen LogP contribution >= 0.6 is 15.9 Å². The molecule has 1 N–H and O–H groups in total. The summed E-state index contributed by atoms with van der Waals surface area (Å²) in [7, 11) is 1.90. The van der Waals surface area contributed by atoms with Gasteiger partial charge in [-0.25, -0.2) is 4.39 Å². The molecule has 18 heavy (non-hydrogen) atoms. The van der Waals surface area contributed by atoms with Gasteiger partial charge in [-0.15, -0.1) is 0 Å². The van der Waals surface area contributed by atoms with Crippen molar-refractivity contribution >= 4 is 15.9 Å². The van der Waals surface area contributed by atoms with Crippen LogP contribution < -0.4 is 5.32 Å². The molecule has 0 aliphatic rings. The van der Waals surface area contributed by atoms with Gasteiger partial charge < -0.3 is 5.32 Å². The number of benzene rings is 1. The Labute approximate surface area is 114 Å². The zero-order valence-corrected chi connectivity index (χ0v) is 12.0. The highest BCUT2D eigenvalue weighted by molar-refractivity contribution is 9.10. The molecule has 0 radical (unpaired) electrons. The highest BCUT2D eigenvalue weighted by atomic mass is 79.9. The number of aromatic nitrogens is 2. The Hall–Kier alpha value is -1.20. The van der Waals surface area contributed by atoms with Crippen LogP contribution in [0.25, 0.3) is 0 Å². The van der Waals surface area contributed by atoms with E-state index in [0.29, 0.717) is 11.0 Å². The van der Waals surface area contributed by atoms with Crippen LogP contribution in [-0.2, 0) is 13.1 Å². The molecule has 0 saturated carbocycles. The highest BCUT2D eigenvalue weighted by Gasteiger charge is 2.09. The lowest BCUT2D eigenvalue weighted by molar-refractivity contribution is 0.608. The van der Waals surface area contributed by atoms with Crippen LogP contribution in [0.2, 0.25) is 0 Å². The summed E-state index contributed by atoms with van der Waals surface area (Å²) in [6.07, 6.45) is 1.85. The summed E-state index contributed by atoms with van der Waals surface area (Å²) >= 11 is 3.27. The Balaban J connectivity index is 2.26. The Morgan fingerprint density at radius 3 is 2.89 bits per heavy atom. The van der Waals surface area contributed by atoms with E-state index in [1.165, 1.54) is 6.07 Å². The average Bonchev–Trinajstić information content (AvgIpc) is 2.68. The summed E-state index contributed by atoms with van der Waals surface area (Å²) in [5.41, 5.74) is 3.14. The van der Waals surface area contributed by atoms with Gasteiger partial charge in [0, 0.05) is 17.8 Å². The second-order valence-corrected chi connectivity index (χ2v) is 4.95. The quantitative estimate of drug-likeness (QED) is 0.941. The van der Waals surface area contributed by atoms with Crippen molar-refractivity contribution in [1.82, 2.24) is 15.1 Å². The Morgan fingerprint density at radius 1 is 1.39 bits per heavy atom. The van der Waals surface area contributed by atoms with Gasteiger partial charge in [0.2, 0.25) is 0 Å². The molecule has 5 heteroatoms. The molecular formula is C13H15BrFN3. The Morgan fingerprint density at radius 2 is 2.17 bits per heavy atom. The summed E-state index contributed by atoms with van der Waals surface area (Å²) < 4.78 is 15.8. The van der Waals surface area contributed by atoms with Crippen molar-refractivity contribution in [2.45, 2.75) is 20.0 Å². The van der Waals surface area contributed by atoms with Gasteiger partial charge in [-0.1, -0.05) is 12.1 Å². The first kappa shape index (κ1) is 13.2. The lowest BCUT2D eigenvalue weighted by Crippen LogP contribution is -2.08. The average molecular weight is 312 g/mol. The molecule has 0 amide bonds.